The van der Waals surface area contributed by atoms with Crippen molar-refractivity contribution in [3.8, 4) is 11.8 Å². The summed E-state index contributed by atoms with van der Waals surface area (Å²) in [6.45, 7) is 2.38. The molecule has 0 saturated heterocycles. The molecule has 0 radical (unpaired) electrons. The minimum atomic E-state index is -0.295. The number of benzene rings is 1. The summed E-state index contributed by atoms with van der Waals surface area (Å²) in [5.41, 5.74) is 0.503. The summed E-state index contributed by atoms with van der Waals surface area (Å²) < 4.78 is 18.7. The third kappa shape index (κ3) is 2.94. The van der Waals surface area contributed by atoms with Crippen molar-refractivity contribution < 1.29 is 9.13 Å². The zero-order valence-electron chi connectivity index (χ0n) is 9.46. The molecule has 0 bridgehead atoms. The number of halogens is 1. The maximum atomic E-state index is 13.6. The Morgan fingerprint density at radius 2 is 2.31 bits per heavy atom. The van der Waals surface area contributed by atoms with Crippen molar-refractivity contribution in [1.29, 1.82) is 5.26 Å². The number of hydrogen-bond donors (Lipinski definition) is 1. The lowest BCUT2D eigenvalue weighted by Gasteiger charge is -2.17. The van der Waals surface area contributed by atoms with Crippen LogP contribution in [0.1, 0.15) is 24.9 Å². The first-order valence-electron chi connectivity index (χ1n) is 5.13. The first kappa shape index (κ1) is 12.5. The summed E-state index contributed by atoms with van der Waals surface area (Å²) >= 11 is 0. The Morgan fingerprint density at radius 1 is 1.56 bits per heavy atom. The molecule has 0 aliphatic carbocycles. The molecule has 0 heterocycles. The van der Waals surface area contributed by atoms with Crippen molar-refractivity contribution in [3.05, 3.63) is 29.6 Å². The van der Waals surface area contributed by atoms with E-state index in [0.717, 1.165) is 0 Å². The molecule has 3 nitrogen and oxygen atoms in total. The second kappa shape index (κ2) is 6.09. The number of methoxy groups -OCH3 is 1. The van der Waals surface area contributed by atoms with Crippen molar-refractivity contribution in [2.45, 2.75) is 19.4 Å². The Morgan fingerprint density at radius 3 is 2.94 bits per heavy atom. The lowest BCUT2D eigenvalue weighted by Crippen LogP contribution is -2.21. The zero-order chi connectivity index (χ0) is 12.0. The number of nitrogens with zero attached hydrogens (tertiary/aromatic N) is 1. The molecule has 16 heavy (non-hydrogen) atoms. The van der Waals surface area contributed by atoms with Gasteiger partial charge in [-0.25, -0.2) is 4.39 Å². The van der Waals surface area contributed by atoms with Crippen LogP contribution in [0.5, 0.6) is 5.75 Å². The monoisotopic (exact) mass is 222 g/mol. The highest BCUT2D eigenvalue weighted by Crippen LogP contribution is 2.27. The van der Waals surface area contributed by atoms with Gasteiger partial charge in [0.1, 0.15) is 11.6 Å². The fourth-order valence-corrected chi connectivity index (χ4v) is 1.56. The van der Waals surface area contributed by atoms with Crippen LogP contribution in [0.3, 0.4) is 0 Å². The number of nitrogens with one attached hydrogen (secondary N) is 1. The summed E-state index contributed by atoms with van der Waals surface area (Å²) in [7, 11) is 1.51. The Bertz CT molecular complexity index is 387. The Hall–Kier alpha value is -1.60. The standard InChI is InChI=1S/C12H15FN2O/c1-9(15-8-4-7-14)12-10(13)5-3-6-11(12)16-2/h3,5-6,9,15H,4,8H2,1-2H3. The molecule has 1 N–H and O–H groups in total. The maximum absolute atomic E-state index is 13.6. The molecule has 0 aliphatic heterocycles. The predicted molar refractivity (Wildman–Crippen MR) is 59.6 cm³/mol. The summed E-state index contributed by atoms with van der Waals surface area (Å²) in [5.74, 6) is 0.230. The highest BCUT2D eigenvalue weighted by atomic mass is 19.1. The molecule has 1 unspecified atom stereocenters. The minimum Gasteiger partial charge on any atom is -0.496 e. The van der Waals surface area contributed by atoms with Gasteiger partial charge in [0, 0.05) is 24.6 Å². The molecule has 0 aromatic heterocycles. The molecule has 1 atom stereocenters. The minimum absolute atomic E-state index is 0.176. The maximum Gasteiger partial charge on any atom is 0.131 e. The van der Waals surface area contributed by atoms with E-state index in [9.17, 15) is 4.39 Å². The van der Waals surface area contributed by atoms with E-state index in [0.29, 0.717) is 24.3 Å². The Kier molecular flexibility index (Phi) is 4.74. The molecule has 86 valence electrons. The van der Waals surface area contributed by atoms with E-state index in [1.165, 1.54) is 13.2 Å². The van der Waals surface area contributed by atoms with Gasteiger partial charge in [0.2, 0.25) is 0 Å². The Balaban J connectivity index is 2.81. The molecule has 0 aliphatic rings. The van der Waals surface area contributed by atoms with Crippen molar-refractivity contribution >= 4 is 0 Å². The second-order valence-electron chi connectivity index (χ2n) is 3.44. The van der Waals surface area contributed by atoms with Crippen LogP contribution in [0.4, 0.5) is 4.39 Å². The third-order valence-electron chi connectivity index (χ3n) is 2.35. The van der Waals surface area contributed by atoms with Crippen LogP contribution in [0.25, 0.3) is 0 Å². The number of nitriles is 1. The first-order chi connectivity index (χ1) is 7.70. The van der Waals surface area contributed by atoms with E-state index < -0.39 is 0 Å². The molecule has 4 heteroatoms. The summed E-state index contributed by atoms with van der Waals surface area (Å²) in [4.78, 5) is 0. The highest BCUT2D eigenvalue weighted by molar-refractivity contribution is 5.36. The van der Waals surface area contributed by atoms with Crippen LogP contribution < -0.4 is 10.1 Å². The van der Waals surface area contributed by atoms with Crippen LogP contribution in [0.15, 0.2) is 18.2 Å². The largest absolute Gasteiger partial charge is 0.496 e. The van der Waals surface area contributed by atoms with Gasteiger partial charge in [0.05, 0.1) is 13.2 Å². The van der Waals surface area contributed by atoms with Crippen molar-refractivity contribution in [1.82, 2.24) is 5.32 Å². The van der Waals surface area contributed by atoms with Gasteiger partial charge in [-0.05, 0) is 19.1 Å². The number of hydrogen-bond acceptors (Lipinski definition) is 3. The molecule has 1 rings (SSSR count). The smallest absolute Gasteiger partial charge is 0.131 e. The summed E-state index contributed by atoms with van der Waals surface area (Å²) in [5, 5.41) is 11.5. The van der Waals surface area contributed by atoms with E-state index in [1.54, 1.807) is 12.1 Å². The second-order valence-corrected chi connectivity index (χ2v) is 3.44. The van der Waals surface area contributed by atoms with E-state index in [-0.39, 0.29) is 11.9 Å². The van der Waals surface area contributed by atoms with Gasteiger partial charge in [0.15, 0.2) is 0 Å². The fourth-order valence-electron chi connectivity index (χ4n) is 1.56. The van der Waals surface area contributed by atoms with Crippen LogP contribution in [0.2, 0.25) is 0 Å². The number of ether oxygens (including phenoxy) is 1. The van der Waals surface area contributed by atoms with Crippen LogP contribution in [0, 0.1) is 17.1 Å². The molecular weight excluding hydrogens is 207 g/mol. The van der Waals surface area contributed by atoms with E-state index in [4.69, 9.17) is 10.00 Å². The van der Waals surface area contributed by atoms with Gasteiger partial charge in [-0.15, -0.1) is 0 Å². The quantitative estimate of drug-likeness (QED) is 0.778. The predicted octanol–water partition coefficient (Wildman–Crippen LogP) is 2.40. The van der Waals surface area contributed by atoms with Gasteiger partial charge in [-0.2, -0.15) is 5.26 Å². The van der Waals surface area contributed by atoms with E-state index >= 15 is 0 Å². The van der Waals surface area contributed by atoms with Gasteiger partial charge < -0.3 is 10.1 Å². The topological polar surface area (TPSA) is 45.0 Å². The lowest BCUT2D eigenvalue weighted by molar-refractivity contribution is 0.394. The van der Waals surface area contributed by atoms with E-state index in [1.807, 2.05) is 13.0 Å². The average molecular weight is 222 g/mol. The van der Waals surface area contributed by atoms with Gasteiger partial charge >= 0.3 is 0 Å². The van der Waals surface area contributed by atoms with Crippen LogP contribution in [-0.4, -0.2) is 13.7 Å². The van der Waals surface area contributed by atoms with Crippen molar-refractivity contribution in [3.63, 3.8) is 0 Å². The zero-order valence-corrected chi connectivity index (χ0v) is 9.46. The molecule has 1 aromatic rings. The molecule has 0 spiro atoms. The Labute approximate surface area is 94.8 Å². The van der Waals surface area contributed by atoms with E-state index in [2.05, 4.69) is 5.32 Å². The lowest BCUT2D eigenvalue weighted by atomic mass is 10.1. The molecule has 0 saturated carbocycles. The average Bonchev–Trinajstić information content (AvgIpc) is 2.28. The molecular formula is C12H15FN2O. The van der Waals surface area contributed by atoms with Gasteiger partial charge in [0.25, 0.3) is 0 Å². The molecule has 0 amide bonds. The van der Waals surface area contributed by atoms with Gasteiger partial charge in [-0.1, -0.05) is 6.07 Å². The van der Waals surface area contributed by atoms with Crippen LogP contribution in [-0.2, 0) is 0 Å². The fraction of sp³-hybridized carbons (Fsp3) is 0.417. The number of rotatable bonds is 5. The summed E-state index contributed by atoms with van der Waals surface area (Å²) in [6, 6.07) is 6.59. The molecule has 1 aromatic carbocycles. The van der Waals surface area contributed by atoms with Crippen molar-refractivity contribution in [2.75, 3.05) is 13.7 Å². The third-order valence-corrected chi connectivity index (χ3v) is 2.35. The highest BCUT2D eigenvalue weighted by Gasteiger charge is 2.15. The van der Waals surface area contributed by atoms with Crippen LogP contribution >= 0.6 is 0 Å². The molecule has 0 fully saturated rings. The summed E-state index contributed by atoms with van der Waals surface area (Å²) in [6.07, 6.45) is 0.404. The normalized spacial score (nSPS) is 11.9. The van der Waals surface area contributed by atoms with Gasteiger partial charge in [-0.3, -0.25) is 0 Å². The first-order valence-corrected chi connectivity index (χ1v) is 5.13. The SMILES string of the molecule is COc1cccc(F)c1C(C)NCCC#N. The van der Waals surface area contributed by atoms with Crippen molar-refractivity contribution in [2.24, 2.45) is 0 Å².